The molecule has 0 fully saturated rings. The second-order valence-electron chi connectivity index (χ2n) is 4.59. The van der Waals surface area contributed by atoms with Crippen molar-refractivity contribution in [2.75, 3.05) is 20.3 Å². The molecule has 0 aliphatic carbocycles. The molecule has 1 amide bonds. The third-order valence-corrected chi connectivity index (χ3v) is 3.70. The summed E-state index contributed by atoms with van der Waals surface area (Å²) in [6, 6.07) is 5.48. The maximum atomic E-state index is 12.2. The molecule has 1 aliphatic heterocycles. The minimum absolute atomic E-state index is 0.0570. The predicted molar refractivity (Wildman–Crippen MR) is 76.9 cm³/mol. The van der Waals surface area contributed by atoms with Crippen LogP contribution in [0.1, 0.15) is 12.5 Å². The lowest BCUT2D eigenvalue weighted by molar-refractivity contribution is -0.128. The molecule has 0 bridgehead atoms. The zero-order chi connectivity index (χ0) is 14.0. The van der Waals surface area contributed by atoms with Crippen LogP contribution in [0.5, 0.6) is 5.75 Å². The largest absolute Gasteiger partial charge is 0.488 e. The normalized spacial score (nSPS) is 15.1. The lowest BCUT2D eigenvalue weighted by Crippen LogP contribution is -2.39. The molecule has 0 saturated carbocycles. The number of carbonyl (C=O) groups is 1. The van der Waals surface area contributed by atoms with Crippen molar-refractivity contribution in [1.82, 2.24) is 4.90 Å². The van der Waals surface area contributed by atoms with Gasteiger partial charge in [0.2, 0.25) is 0 Å². The highest BCUT2D eigenvalue weighted by atomic mass is 79.9. The van der Waals surface area contributed by atoms with Crippen LogP contribution < -0.4 is 4.74 Å². The number of ether oxygens (including phenoxy) is 1. The zero-order valence-electron chi connectivity index (χ0n) is 10.9. The van der Waals surface area contributed by atoms with Crippen molar-refractivity contribution in [1.29, 1.82) is 0 Å². The van der Waals surface area contributed by atoms with Gasteiger partial charge in [-0.1, -0.05) is 15.9 Å². The van der Waals surface area contributed by atoms with E-state index in [0.29, 0.717) is 5.57 Å². The van der Waals surface area contributed by atoms with E-state index in [1.807, 2.05) is 24.3 Å². The number of benzene rings is 1. The number of hydrogen-bond acceptors (Lipinski definition) is 3. The Bertz CT molecular complexity index is 527. The highest BCUT2D eigenvalue weighted by Crippen LogP contribution is 2.29. The van der Waals surface area contributed by atoms with E-state index in [1.54, 1.807) is 14.0 Å². The molecule has 1 aliphatic rings. The summed E-state index contributed by atoms with van der Waals surface area (Å²) in [5.74, 6) is 0.657. The van der Waals surface area contributed by atoms with Gasteiger partial charge < -0.3 is 14.7 Å². The molecule has 1 aromatic rings. The minimum atomic E-state index is -0.211. The average Bonchev–Trinajstić information content (AvgIpc) is 2.43. The van der Waals surface area contributed by atoms with Crippen molar-refractivity contribution in [2.24, 2.45) is 0 Å². The SMILES string of the molecule is CC(CO)N(C)C(=O)C1=Cc2cc(Br)ccc2OC1. The molecule has 1 N–H and O–H groups in total. The summed E-state index contributed by atoms with van der Waals surface area (Å²) >= 11 is 3.40. The number of carbonyl (C=O) groups excluding carboxylic acids is 1. The summed E-state index contributed by atoms with van der Waals surface area (Å²) in [5.41, 5.74) is 1.47. The van der Waals surface area contributed by atoms with E-state index in [9.17, 15) is 4.79 Å². The van der Waals surface area contributed by atoms with Gasteiger partial charge in [-0.05, 0) is 31.2 Å². The van der Waals surface area contributed by atoms with Crippen LogP contribution in [-0.2, 0) is 4.79 Å². The van der Waals surface area contributed by atoms with E-state index < -0.39 is 0 Å². The summed E-state index contributed by atoms with van der Waals surface area (Å²) in [6.45, 7) is 2.00. The topological polar surface area (TPSA) is 49.8 Å². The van der Waals surface area contributed by atoms with Crippen molar-refractivity contribution in [3.05, 3.63) is 33.8 Å². The van der Waals surface area contributed by atoms with Crippen LogP contribution in [0.4, 0.5) is 0 Å². The minimum Gasteiger partial charge on any atom is -0.488 e. The number of hydrogen-bond donors (Lipinski definition) is 1. The Labute approximate surface area is 120 Å². The second-order valence-corrected chi connectivity index (χ2v) is 5.50. The Balaban J connectivity index is 2.25. The average molecular weight is 326 g/mol. The van der Waals surface area contributed by atoms with Crippen molar-refractivity contribution in [2.45, 2.75) is 13.0 Å². The molecule has 102 valence electrons. The standard InChI is InChI=1S/C14H16BrNO3/c1-9(7-17)16(2)14(18)11-5-10-6-12(15)3-4-13(10)19-8-11/h3-6,9,17H,7-8H2,1-2H3. The lowest BCUT2D eigenvalue weighted by Gasteiger charge is -2.26. The molecule has 4 nitrogen and oxygen atoms in total. The van der Waals surface area contributed by atoms with Crippen molar-refractivity contribution < 1.29 is 14.6 Å². The van der Waals surface area contributed by atoms with Gasteiger partial charge in [-0.3, -0.25) is 4.79 Å². The number of fused-ring (bicyclic) bond motifs is 1. The summed E-state index contributed by atoms with van der Waals surface area (Å²) in [5, 5.41) is 9.10. The maximum Gasteiger partial charge on any atom is 0.253 e. The van der Waals surface area contributed by atoms with Gasteiger partial charge in [0.15, 0.2) is 0 Å². The highest BCUT2D eigenvalue weighted by molar-refractivity contribution is 9.10. The van der Waals surface area contributed by atoms with Crippen LogP contribution in [-0.4, -0.2) is 42.2 Å². The van der Waals surface area contributed by atoms with E-state index in [4.69, 9.17) is 9.84 Å². The van der Waals surface area contributed by atoms with Crippen LogP contribution in [0, 0.1) is 0 Å². The predicted octanol–water partition coefficient (Wildman–Crippen LogP) is 2.06. The second kappa shape index (κ2) is 5.75. The van der Waals surface area contributed by atoms with Gasteiger partial charge in [-0.25, -0.2) is 0 Å². The lowest BCUT2D eigenvalue weighted by atomic mass is 10.1. The fourth-order valence-corrected chi connectivity index (χ4v) is 2.20. The van der Waals surface area contributed by atoms with E-state index in [1.165, 1.54) is 4.90 Å². The Hall–Kier alpha value is -1.33. The number of likely N-dealkylation sites (N-methyl/N-ethyl adjacent to an activating group) is 1. The van der Waals surface area contributed by atoms with E-state index >= 15 is 0 Å². The molecule has 0 saturated heterocycles. The first-order chi connectivity index (χ1) is 9.02. The van der Waals surface area contributed by atoms with Crippen LogP contribution in [0.15, 0.2) is 28.2 Å². The van der Waals surface area contributed by atoms with E-state index in [2.05, 4.69) is 15.9 Å². The third-order valence-electron chi connectivity index (χ3n) is 3.21. The quantitative estimate of drug-likeness (QED) is 0.925. The Morgan fingerprint density at radius 1 is 1.58 bits per heavy atom. The van der Waals surface area contributed by atoms with Crippen molar-refractivity contribution in [3.8, 4) is 5.75 Å². The number of aliphatic hydroxyl groups excluding tert-OH is 1. The van der Waals surface area contributed by atoms with Crippen LogP contribution in [0.3, 0.4) is 0 Å². The molecule has 1 heterocycles. The third kappa shape index (κ3) is 2.98. The molecule has 2 rings (SSSR count). The van der Waals surface area contributed by atoms with Gasteiger partial charge in [0.25, 0.3) is 5.91 Å². The van der Waals surface area contributed by atoms with Gasteiger partial charge in [-0.2, -0.15) is 0 Å². The monoisotopic (exact) mass is 325 g/mol. The summed E-state index contributed by atoms with van der Waals surface area (Å²) in [4.78, 5) is 13.8. The number of nitrogens with zero attached hydrogens (tertiary/aromatic N) is 1. The molecule has 19 heavy (non-hydrogen) atoms. The van der Waals surface area contributed by atoms with Gasteiger partial charge >= 0.3 is 0 Å². The molecular formula is C14H16BrNO3. The smallest absolute Gasteiger partial charge is 0.253 e. The maximum absolute atomic E-state index is 12.2. The molecule has 0 spiro atoms. The van der Waals surface area contributed by atoms with Crippen LogP contribution in [0.2, 0.25) is 0 Å². The summed E-state index contributed by atoms with van der Waals surface area (Å²) < 4.78 is 6.52. The first kappa shape index (κ1) is 14.1. The highest BCUT2D eigenvalue weighted by Gasteiger charge is 2.22. The Morgan fingerprint density at radius 2 is 2.32 bits per heavy atom. The number of amides is 1. The fraction of sp³-hybridized carbons (Fsp3) is 0.357. The Morgan fingerprint density at radius 3 is 3.00 bits per heavy atom. The first-order valence-electron chi connectivity index (χ1n) is 6.04. The molecular weight excluding hydrogens is 310 g/mol. The number of halogens is 1. The van der Waals surface area contributed by atoms with E-state index in [-0.39, 0.29) is 25.2 Å². The van der Waals surface area contributed by atoms with Crippen molar-refractivity contribution in [3.63, 3.8) is 0 Å². The first-order valence-corrected chi connectivity index (χ1v) is 6.83. The molecule has 1 unspecified atom stereocenters. The van der Waals surface area contributed by atoms with Crippen LogP contribution >= 0.6 is 15.9 Å². The molecule has 0 aromatic heterocycles. The fourth-order valence-electron chi connectivity index (χ4n) is 1.82. The number of rotatable bonds is 3. The van der Waals surface area contributed by atoms with E-state index in [0.717, 1.165) is 15.8 Å². The molecule has 1 atom stereocenters. The van der Waals surface area contributed by atoms with Gasteiger partial charge in [0.05, 0.1) is 18.2 Å². The van der Waals surface area contributed by atoms with Crippen LogP contribution in [0.25, 0.3) is 6.08 Å². The summed E-state index contributed by atoms with van der Waals surface area (Å²) in [7, 11) is 1.68. The zero-order valence-corrected chi connectivity index (χ0v) is 12.5. The summed E-state index contributed by atoms with van der Waals surface area (Å²) in [6.07, 6.45) is 1.84. The van der Waals surface area contributed by atoms with Gasteiger partial charge in [-0.15, -0.1) is 0 Å². The van der Waals surface area contributed by atoms with Gasteiger partial charge in [0.1, 0.15) is 12.4 Å². The molecule has 1 aromatic carbocycles. The number of aliphatic hydroxyl groups is 1. The Kier molecular flexibility index (Phi) is 4.27. The molecule has 0 radical (unpaired) electrons. The molecule has 5 heteroatoms. The van der Waals surface area contributed by atoms with Crippen molar-refractivity contribution >= 4 is 27.9 Å². The van der Waals surface area contributed by atoms with Gasteiger partial charge in [0, 0.05) is 17.1 Å².